The number of hydrogen-bond acceptors (Lipinski definition) is 3. The highest BCUT2D eigenvalue weighted by Crippen LogP contribution is 2.21. The van der Waals surface area contributed by atoms with Gasteiger partial charge in [-0.25, -0.2) is 0 Å². The lowest BCUT2D eigenvalue weighted by molar-refractivity contribution is 0.173. The van der Waals surface area contributed by atoms with Gasteiger partial charge in [-0.1, -0.05) is 37.3 Å². The molecule has 2 rings (SSSR count). The Hall–Kier alpha value is -1.45. The molecule has 0 aliphatic carbocycles. The number of aliphatic hydroxyl groups excluding tert-OH is 1. The molecule has 3 heteroatoms. The molecule has 1 atom stereocenters. The van der Waals surface area contributed by atoms with Crippen molar-refractivity contribution in [2.24, 2.45) is 0 Å². The Bertz CT molecular complexity index is 496. The summed E-state index contributed by atoms with van der Waals surface area (Å²) in [7, 11) is 0. The van der Waals surface area contributed by atoms with Crippen LogP contribution in [-0.4, -0.2) is 17.5 Å². The van der Waals surface area contributed by atoms with E-state index >= 15 is 0 Å². The van der Waals surface area contributed by atoms with Crippen molar-refractivity contribution in [2.45, 2.75) is 24.3 Å². The van der Waals surface area contributed by atoms with Crippen LogP contribution >= 0.6 is 11.8 Å². The van der Waals surface area contributed by atoms with Crippen LogP contribution in [0.5, 0.6) is 5.75 Å². The zero-order valence-corrected chi connectivity index (χ0v) is 12.5. The summed E-state index contributed by atoms with van der Waals surface area (Å²) in [5.74, 6) is 1.77. The third-order valence-electron chi connectivity index (χ3n) is 3.02. The van der Waals surface area contributed by atoms with Crippen molar-refractivity contribution < 1.29 is 9.84 Å². The fraction of sp³-hybridized carbons (Fsp3) is 0.294. The van der Waals surface area contributed by atoms with Gasteiger partial charge < -0.3 is 9.84 Å². The Kier molecular flexibility index (Phi) is 5.96. The summed E-state index contributed by atoms with van der Waals surface area (Å²) >= 11 is 1.79. The van der Waals surface area contributed by atoms with Crippen LogP contribution in [-0.2, 0) is 0 Å². The first-order valence-corrected chi connectivity index (χ1v) is 7.87. The summed E-state index contributed by atoms with van der Waals surface area (Å²) < 4.78 is 5.69. The van der Waals surface area contributed by atoms with E-state index in [2.05, 4.69) is 12.1 Å². The molecule has 1 N–H and O–H groups in total. The molecule has 0 spiro atoms. The summed E-state index contributed by atoms with van der Waals surface area (Å²) in [6, 6.07) is 18.0. The van der Waals surface area contributed by atoms with Crippen molar-refractivity contribution in [3.63, 3.8) is 0 Å². The fourth-order valence-electron chi connectivity index (χ4n) is 1.86. The van der Waals surface area contributed by atoms with Crippen LogP contribution in [0.4, 0.5) is 0 Å². The molecule has 0 aliphatic rings. The van der Waals surface area contributed by atoms with Crippen LogP contribution in [0.2, 0.25) is 0 Å². The highest BCUT2D eigenvalue weighted by molar-refractivity contribution is 7.99. The molecule has 0 amide bonds. The number of aliphatic hydroxyl groups is 1. The van der Waals surface area contributed by atoms with Crippen molar-refractivity contribution in [1.82, 2.24) is 0 Å². The van der Waals surface area contributed by atoms with Crippen molar-refractivity contribution in [2.75, 3.05) is 12.4 Å². The maximum atomic E-state index is 9.72. The Morgan fingerprint density at radius 2 is 1.75 bits per heavy atom. The average molecular weight is 288 g/mol. The Balaban J connectivity index is 1.74. The zero-order chi connectivity index (χ0) is 14.2. The molecule has 106 valence electrons. The first-order valence-electron chi connectivity index (χ1n) is 6.88. The first kappa shape index (κ1) is 14.9. The Labute approximate surface area is 124 Å². The predicted octanol–water partition coefficient (Wildman–Crippen LogP) is 4.30. The van der Waals surface area contributed by atoms with E-state index in [0.717, 1.165) is 23.5 Å². The number of rotatable bonds is 7. The summed E-state index contributed by atoms with van der Waals surface area (Å²) in [5.41, 5.74) is 0.943. The lowest BCUT2D eigenvalue weighted by Gasteiger charge is -2.10. The van der Waals surface area contributed by atoms with Gasteiger partial charge in [-0.05, 0) is 36.2 Å². The van der Waals surface area contributed by atoms with Gasteiger partial charge in [-0.15, -0.1) is 11.8 Å². The van der Waals surface area contributed by atoms with Crippen LogP contribution < -0.4 is 4.74 Å². The summed E-state index contributed by atoms with van der Waals surface area (Å²) in [5, 5.41) is 9.72. The fourth-order valence-corrected chi connectivity index (χ4v) is 2.61. The quantitative estimate of drug-likeness (QED) is 0.608. The third-order valence-corrected chi connectivity index (χ3v) is 3.99. The molecular weight excluding hydrogens is 268 g/mol. The van der Waals surface area contributed by atoms with E-state index in [9.17, 15) is 5.11 Å². The smallest absolute Gasteiger partial charge is 0.119 e. The molecule has 2 nitrogen and oxygen atoms in total. The molecule has 2 aromatic carbocycles. The molecule has 0 bridgehead atoms. The van der Waals surface area contributed by atoms with E-state index < -0.39 is 0 Å². The maximum absolute atomic E-state index is 9.72. The van der Waals surface area contributed by atoms with E-state index in [-0.39, 0.29) is 6.10 Å². The second kappa shape index (κ2) is 7.98. The van der Waals surface area contributed by atoms with Crippen molar-refractivity contribution in [3.05, 3.63) is 60.2 Å². The van der Waals surface area contributed by atoms with Gasteiger partial charge in [-0.2, -0.15) is 0 Å². The van der Waals surface area contributed by atoms with Crippen LogP contribution in [0.15, 0.2) is 59.5 Å². The molecule has 0 saturated heterocycles. The summed E-state index contributed by atoms with van der Waals surface area (Å²) in [6.45, 7) is 2.64. The van der Waals surface area contributed by atoms with Crippen LogP contribution in [0.25, 0.3) is 0 Å². The minimum absolute atomic E-state index is 0.377. The van der Waals surface area contributed by atoms with E-state index in [1.54, 1.807) is 11.8 Å². The van der Waals surface area contributed by atoms with Crippen LogP contribution in [0.3, 0.4) is 0 Å². The molecule has 0 heterocycles. The summed E-state index contributed by atoms with van der Waals surface area (Å²) in [6.07, 6.45) is 0.353. The van der Waals surface area contributed by atoms with Crippen LogP contribution in [0, 0.1) is 0 Å². The monoisotopic (exact) mass is 288 g/mol. The normalized spacial score (nSPS) is 12.1. The van der Waals surface area contributed by atoms with Gasteiger partial charge in [0.25, 0.3) is 0 Å². The SMILES string of the molecule is CC[C@@H](O)c1ccc(OCCSc2ccccc2)cc1. The standard InChI is InChI=1S/C17H20O2S/c1-2-17(18)14-8-10-15(11-9-14)19-12-13-20-16-6-4-3-5-7-16/h3-11,17-18H,2,12-13H2,1H3/t17-/m1/s1. The molecule has 0 unspecified atom stereocenters. The first-order chi connectivity index (χ1) is 9.79. The number of thioether (sulfide) groups is 1. The van der Waals surface area contributed by atoms with Crippen LogP contribution in [0.1, 0.15) is 25.0 Å². The highest BCUT2D eigenvalue weighted by Gasteiger charge is 2.04. The van der Waals surface area contributed by atoms with Crippen molar-refractivity contribution in [3.8, 4) is 5.75 Å². The second-order valence-corrected chi connectivity index (χ2v) is 5.67. The molecular formula is C17H20O2S. The second-order valence-electron chi connectivity index (χ2n) is 4.50. The largest absolute Gasteiger partial charge is 0.493 e. The molecule has 0 saturated carbocycles. The Morgan fingerprint density at radius 1 is 1.05 bits per heavy atom. The molecule has 0 fully saturated rings. The van der Waals surface area contributed by atoms with Gasteiger partial charge in [0, 0.05) is 10.6 Å². The maximum Gasteiger partial charge on any atom is 0.119 e. The van der Waals surface area contributed by atoms with Gasteiger partial charge in [0.05, 0.1) is 12.7 Å². The Morgan fingerprint density at radius 3 is 2.40 bits per heavy atom. The zero-order valence-electron chi connectivity index (χ0n) is 11.7. The van der Waals surface area contributed by atoms with Gasteiger partial charge in [0.2, 0.25) is 0 Å². The highest BCUT2D eigenvalue weighted by atomic mass is 32.2. The molecule has 2 aromatic rings. The van der Waals surface area contributed by atoms with Crippen molar-refractivity contribution >= 4 is 11.8 Å². The number of hydrogen-bond donors (Lipinski definition) is 1. The molecule has 0 aliphatic heterocycles. The molecule has 0 radical (unpaired) electrons. The lowest BCUT2D eigenvalue weighted by Crippen LogP contribution is -2.00. The third kappa shape index (κ3) is 4.58. The minimum Gasteiger partial charge on any atom is -0.493 e. The summed E-state index contributed by atoms with van der Waals surface area (Å²) in [4.78, 5) is 1.26. The van der Waals surface area contributed by atoms with Crippen molar-refractivity contribution in [1.29, 1.82) is 0 Å². The molecule has 20 heavy (non-hydrogen) atoms. The minimum atomic E-state index is -0.377. The van der Waals surface area contributed by atoms with Gasteiger partial charge in [-0.3, -0.25) is 0 Å². The van der Waals surface area contributed by atoms with E-state index in [1.807, 2.05) is 49.4 Å². The predicted molar refractivity (Wildman–Crippen MR) is 84.4 cm³/mol. The van der Waals surface area contributed by atoms with Gasteiger partial charge in [0.15, 0.2) is 0 Å². The lowest BCUT2D eigenvalue weighted by atomic mass is 10.1. The van der Waals surface area contributed by atoms with E-state index in [4.69, 9.17) is 4.74 Å². The number of ether oxygens (including phenoxy) is 1. The average Bonchev–Trinajstić information content (AvgIpc) is 2.52. The topological polar surface area (TPSA) is 29.5 Å². The van der Waals surface area contributed by atoms with Gasteiger partial charge in [0.1, 0.15) is 5.75 Å². The number of benzene rings is 2. The molecule has 0 aromatic heterocycles. The van der Waals surface area contributed by atoms with Gasteiger partial charge >= 0.3 is 0 Å². The van der Waals surface area contributed by atoms with E-state index in [0.29, 0.717) is 6.61 Å². The van der Waals surface area contributed by atoms with E-state index in [1.165, 1.54) is 4.90 Å².